The molecule has 0 atom stereocenters. The van der Waals surface area contributed by atoms with Gasteiger partial charge in [0.25, 0.3) is 5.91 Å². The van der Waals surface area contributed by atoms with Crippen LogP contribution < -0.4 is 15.5 Å². The molecule has 2 amide bonds. The van der Waals surface area contributed by atoms with E-state index in [9.17, 15) is 9.59 Å². The summed E-state index contributed by atoms with van der Waals surface area (Å²) in [6.45, 7) is -0.134. The zero-order valence-electron chi connectivity index (χ0n) is 13.7. The van der Waals surface area contributed by atoms with Gasteiger partial charge < -0.3 is 10.1 Å². The van der Waals surface area contributed by atoms with E-state index >= 15 is 0 Å². The second kappa shape index (κ2) is 9.58. The Morgan fingerprint density at radius 3 is 2.60 bits per heavy atom. The lowest BCUT2D eigenvalue weighted by molar-refractivity contribution is -0.125. The number of rotatable bonds is 7. The zero-order valence-corrected chi connectivity index (χ0v) is 15.2. The normalized spacial score (nSPS) is 10.5. The minimum atomic E-state index is -0.394. The molecule has 0 aliphatic rings. The second-order valence-electron chi connectivity index (χ2n) is 5.15. The molecule has 0 heterocycles. The molecule has 2 rings (SSSR count). The van der Waals surface area contributed by atoms with Gasteiger partial charge in [-0.2, -0.15) is 5.10 Å². The van der Waals surface area contributed by atoms with Crippen LogP contribution >= 0.6 is 15.9 Å². The maximum atomic E-state index is 11.8. The highest BCUT2D eigenvalue weighted by molar-refractivity contribution is 9.10. The number of hydrogen-bond acceptors (Lipinski definition) is 4. The monoisotopic (exact) mass is 403 g/mol. The molecule has 0 fully saturated rings. The number of ether oxygens (including phenoxy) is 1. The van der Waals surface area contributed by atoms with Crippen molar-refractivity contribution in [3.05, 3.63) is 64.1 Å². The maximum absolute atomic E-state index is 11.8. The zero-order chi connectivity index (χ0) is 18.1. The molecule has 6 nitrogen and oxygen atoms in total. The molecule has 0 saturated heterocycles. The SMILES string of the molecule is COc1ccc(CC(=O)NCC(=O)N/N=C/c2cccc(Br)c2)cc1. The molecule has 130 valence electrons. The van der Waals surface area contributed by atoms with Gasteiger partial charge in [0.05, 0.1) is 26.3 Å². The highest BCUT2D eigenvalue weighted by atomic mass is 79.9. The first kappa shape index (κ1) is 18.7. The number of hydrogen-bond donors (Lipinski definition) is 2. The van der Waals surface area contributed by atoms with E-state index in [1.165, 1.54) is 6.21 Å². The summed E-state index contributed by atoms with van der Waals surface area (Å²) < 4.78 is 5.98. The van der Waals surface area contributed by atoms with Gasteiger partial charge in [-0.15, -0.1) is 0 Å². The number of carbonyl (C=O) groups is 2. The first-order valence-corrected chi connectivity index (χ1v) is 8.33. The van der Waals surface area contributed by atoms with Gasteiger partial charge in [0.2, 0.25) is 5.91 Å². The number of carbonyl (C=O) groups excluding carboxylic acids is 2. The first-order valence-electron chi connectivity index (χ1n) is 7.54. The third kappa shape index (κ3) is 6.76. The first-order chi connectivity index (χ1) is 12.1. The van der Waals surface area contributed by atoms with Crippen molar-refractivity contribution in [2.24, 2.45) is 5.10 Å². The van der Waals surface area contributed by atoms with E-state index in [4.69, 9.17) is 4.74 Å². The Bertz CT molecular complexity index is 760. The van der Waals surface area contributed by atoms with Crippen LogP contribution in [0.25, 0.3) is 0 Å². The predicted molar refractivity (Wildman–Crippen MR) is 99.6 cm³/mol. The van der Waals surface area contributed by atoms with Gasteiger partial charge in [0.15, 0.2) is 0 Å². The van der Waals surface area contributed by atoms with Crippen molar-refractivity contribution < 1.29 is 14.3 Å². The fourth-order valence-corrected chi connectivity index (χ4v) is 2.39. The Morgan fingerprint density at radius 1 is 1.16 bits per heavy atom. The smallest absolute Gasteiger partial charge is 0.259 e. The number of amides is 2. The molecule has 0 spiro atoms. The molecule has 2 aromatic carbocycles. The number of benzene rings is 2. The van der Waals surface area contributed by atoms with Gasteiger partial charge in [-0.25, -0.2) is 5.43 Å². The lowest BCUT2D eigenvalue weighted by atomic mass is 10.1. The summed E-state index contributed by atoms with van der Waals surface area (Å²) in [6, 6.07) is 14.7. The van der Waals surface area contributed by atoms with Crippen LogP contribution in [0.15, 0.2) is 58.1 Å². The van der Waals surface area contributed by atoms with E-state index in [-0.39, 0.29) is 18.9 Å². The number of methoxy groups -OCH3 is 1. The molecule has 2 aromatic rings. The fraction of sp³-hybridized carbons (Fsp3) is 0.167. The lowest BCUT2D eigenvalue weighted by Gasteiger charge is -2.05. The van der Waals surface area contributed by atoms with E-state index in [0.29, 0.717) is 0 Å². The van der Waals surface area contributed by atoms with Crippen molar-refractivity contribution in [2.45, 2.75) is 6.42 Å². The van der Waals surface area contributed by atoms with Gasteiger partial charge >= 0.3 is 0 Å². The van der Waals surface area contributed by atoms with Gasteiger partial charge in [-0.05, 0) is 35.4 Å². The Labute approximate surface area is 154 Å². The molecule has 7 heteroatoms. The van der Waals surface area contributed by atoms with E-state index in [1.54, 1.807) is 31.4 Å². The summed E-state index contributed by atoms with van der Waals surface area (Å²) in [5.41, 5.74) is 4.05. The number of hydrazone groups is 1. The number of nitrogens with zero attached hydrogens (tertiary/aromatic N) is 1. The van der Waals surface area contributed by atoms with E-state index in [2.05, 4.69) is 31.8 Å². The van der Waals surface area contributed by atoms with Crippen molar-refractivity contribution in [2.75, 3.05) is 13.7 Å². The van der Waals surface area contributed by atoms with E-state index in [1.807, 2.05) is 24.3 Å². The van der Waals surface area contributed by atoms with Crippen molar-refractivity contribution in [3.8, 4) is 5.75 Å². The van der Waals surface area contributed by atoms with Crippen molar-refractivity contribution in [1.29, 1.82) is 0 Å². The van der Waals surface area contributed by atoms with Crippen LogP contribution in [0.4, 0.5) is 0 Å². The minimum absolute atomic E-state index is 0.134. The van der Waals surface area contributed by atoms with Crippen LogP contribution in [0.3, 0.4) is 0 Å². The Hall–Kier alpha value is -2.67. The Balaban J connectivity index is 1.72. The van der Waals surface area contributed by atoms with Gasteiger partial charge in [-0.3, -0.25) is 9.59 Å². The van der Waals surface area contributed by atoms with Gasteiger partial charge in [-0.1, -0.05) is 40.2 Å². The second-order valence-corrected chi connectivity index (χ2v) is 6.07. The van der Waals surface area contributed by atoms with Crippen LogP contribution in [-0.2, 0) is 16.0 Å². The highest BCUT2D eigenvalue weighted by Gasteiger charge is 2.06. The Morgan fingerprint density at radius 2 is 1.92 bits per heavy atom. The fourth-order valence-electron chi connectivity index (χ4n) is 1.98. The minimum Gasteiger partial charge on any atom is -0.497 e. The third-order valence-electron chi connectivity index (χ3n) is 3.22. The van der Waals surface area contributed by atoms with Crippen LogP contribution in [0.5, 0.6) is 5.75 Å². The maximum Gasteiger partial charge on any atom is 0.259 e. The van der Waals surface area contributed by atoms with Gasteiger partial charge in [0.1, 0.15) is 5.75 Å². The molecule has 0 aromatic heterocycles. The standard InChI is InChI=1S/C18H18BrN3O3/c1-25-16-7-5-13(6-8-16)10-17(23)20-12-18(24)22-21-11-14-3-2-4-15(19)9-14/h2-9,11H,10,12H2,1H3,(H,20,23)(H,22,24)/b21-11+. The molecule has 0 unspecified atom stereocenters. The summed E-state index contributed by atoms with van der Waals surface area (Å²) in [4.78, 5) is 23.5. The summed E-state index contributed by atoms with van der Waals surface area (Å²) in [5.74, 6) is 0.0949. The average molecular weight is 404 g/mol. The third-order valence-corrected chi connectivity index (χ3v) is 3.71. The molecule has 25 heavy (non-hydrogen) atoms. The largest absolute Gasteiger partial charge is 0.497 e. The number of nitrogens with one attached hydrogen (secondary N) is 2. The van der Waals surface area contributed by atoms with Crippen molar-refractivity contribution in [3.63, 3.8) is 0 Å². The molecule has 0 bridgehead atoms. The molecule has 0 saturated carbocycles. The highest BCUT2D eigenvalue weighted by Crippen LogP contribution is 2.11. The molecule has 2 N–H and O–H groups in total. The molecular weight excluding hydrogens is 386 g/mol. The van der Waals surface area contributed by atoms with E-state index in [0.717, 1.165) is 21.3 Å². The van der Waals surface area contributed by atoms with Crippen LogP contribution in [-0.4, -0.2) is 31.7 Å². The lowest BCUT2D eigenvalue weighted by Crippen LogP contribution is -2.35. The summed E-state index contributed by atoms with van der Waals surface area (Å²) >= 11 is 3.36. The summed E-state index contributed by atoms with van der Waals surface area (Å²) in [5, 5.41) is 6.41. The average Bonchev–Trinajstić information content (AvgIpc) is 2.61. The Kier molecular flexibility index (Phi) is 7.16. The molecular formula is C18H18BrN3O3. The summed E-state index contributed by atoms with van der Waals surface area (Å²) in [7, 11) is 1.58. The van der Waals surface area contributed by atoms with Gasteiger partial charge in [0, 0.05) is 4.47 Å². The van der Waals surface area contributed by atoms with Crippen LogP contribution in [0.2, 0.25) is 0 Å². The molecule has 0 radical (unpaired) electrons. The number of halogens is 1. The van der Waals surface area contributed by atoms with Crippen molar-refractivity contribution >= 4 is 34.0 Å². The predicted octanol–water partition coefficient (Wildman–Crippen LogP) is 2.27. The molecule has 0 aliphatic heterocycles. The van der Waals surface area contributed by atoms with Crippen molar-refractivity contribution in [1.82, 2.24) is 10.7 Å². The van der Waals surface area contributed by atoms with Crippen LogP contribution in [0, 0.1) is 0 Å². The quantitative estimate of drug-likeness (QED) is 0.549. The topological polar surface area (TPSA) is 79.8 Å². The van der Waals surface area contributed by atoms with Crippen LogP contribution in [0.1, 0.15) is 11.1 Å². The molecule has 0 aliphatic carbocycles. The summed E-state index contributed by atoms with van der Waals surface area (Å²) in [6.07, 6.45) is 1.72. The van der Waals surface area contributed by atoms with E-state index < -0.39 is 5.91 Å².